The van der Waals surface area contributed by atoms with E-state index < -0.39 is 0 Å². The first kappa shape index (κ1) is 13.8. The van der Waals surface area contributed by atoms with E-state index in [-0.39, 0.29) is 0 Å². The molecule has 1 atom stereocenters. The van der Waals surface area contributed by atoms with E-state index in [0.717, 1.165) is 5.69 Å². The van der Waals surface area contributed by atoms with Crippen molar-refractivity contribution in [2.75, 3.05) is 0 Å². The van der Waals surface area contributed by atoms with E-state index in [9.17, 15) is 0 Å². The maximum absolute atomic E-state index is 4.64. The SMILES string of the molecule is CCCCC(C)c1cnc(-c2ccccc2)cc1C. The quantitative estimate of drug-likeness (QED) is 0.700. The smallest absolute Gasteiger partial charge is 0.0704 e. The number of aromatic nitrogens is 1. The number of aryl methyl sites for hydroxylation is 1. The minimum absolute atomic E-state index is 0.609. The second-order valence-corrected chi connectivity index (χ2v) is 5.34. The van der Waals surface area contributed by atoms with E-state index in [1.165, 1.54) is 36.0 Å². The maximum atomic E-state index is 4.64. The normalized spacial score (nSPS) is 12.4. The van der Waals surface area contributed by atoms with Gasteiger partial charge in [-0.25, -0.2) is 0 Å². The lowest BCUT2D eigenvalue weighted by Crippen LogP contribution is -1.99. The average molecular weight is 253 g/mol. The molecule has 0 aliphatic carbocycles. The molecule has 1 heterocycles. The summed E-state index contributed by atoms with van der Waals surface area (Å²) in [5, 5.41) is 0. The molecule has 0 aliphatic rings. The third kappa shape index (κ3) is 3.44. The Morgan fingerprint density at radius 3 is 2.53 bits per heavy atom. The fourth-order valence-corrected chi connectivity index (χ4v) is 2.52. The van der Waals surface area contributed by atoms with Crippen LogP contribution < -0.4 is 0 Å². The van der Waals surface area contributed by atoms with Crippen LogP contribution in [0.15, 0.2) is 42.6 Å². The summed E-state index contributed by atoms with van der Waals surface area (Å²) < 4.78 is 0. The zero-order valence-corrected chi connectivity index (χ0v) is 12.2. The summed E-state index contributed by atoms with van der Waals surface area (Å²) in [6, 6.07) is 12.6. The van der Waals surface area contributed by atoms with Gasteiger partial charge < -0.3 is 0 Å². The predicted molar refractivity (Wildman–Crippen MR) is 82.4 cm³/mol. The number of rotatable bonds is 5. The lowest BCUT2D eigenvalue weighted by molar-refractivity contribution is 0.620. The van der Waals surface area contributed by atoms with Gasteiger partial charge >= 0.3 is 0 Å². The highest BCUT2D eigenvalue weighted by Gasteiger charge is 2.10. The van der Waals surface area contributed by atoms with Crippen molar-refractivity contribution < 1.29 is 0 Å². The van der Waals surface area contributed by atoms with Crippen molar-refractivity contribution in [1.82, 2.24) is 4.98 Å². The molecule has 0 fully saturated rings. The van der Waals surface area contributed by atoms with Gasteiger partial charge in [0.25, 0.3) is 0 Å². The Kier molecular flexibility index (Phi) is 4.73. The molecule has 0 aliphatic heterocycles. The van der Waals surface area contributed by atoms with E-state index in [1.54, 1.807) is 0 Å². The summed E-state index contributed by atoms with van der Waals surface area (Å²) in [6.07, 6.45) is 5.88. The number of hydrogen-bond acceptors (Lipinski definition) is 1. The molecule has 2 aromatic rings. The van der Waals surface area contributed by atoms with Crippen LogP contribution in [0.1, 0.15) is 50.2 Å². The van der Waals surface area contributed by atoms with Crippen LogP contribution in [-0.4, -0.2) is 4.98 Å². The Bertz CT molecular complexity index is 516. The van der Waals surface area contributed by atoms with Crippen molar-refractivity contribution in [3.63, 3.8) is 0 Å². The Morgan fingerprint density at radius 2 is 1.89 bits per heavy atom. The van der Waals surface area contributed by atoms with Crippen LogP contribution in [0.2, 0.25) is 0 Å². The van der Waals surface area contributed by atoms with Gasteiger partial charge in [0.1, 0.15) is 0 Å². The molecular formula is C18H23N. The van der Waals surface area contributed by atoms with E-state index in [2.05, 4.69) is 62.3 Å². The molecule has 2 rings (SSSR count). The van der Waals surface area contributed by atoms with Crippen molar-refractivity contribution >= 4 is 0 Å². The third-order valence-corrected chi connectivity index (χ3v) is 3.74. The second-order valence-electron chi connectivity index (χ2n) is 5.34. The maximum Gasteiger partial charge on any atom is 0.0704 e. The molecule has 0 bridgehead atoms. The number of hydrogen-bond donors (Lipinski definition) is 0. The molecule has 1 unspecified atom stereocenters. The van der Waals surface area contributed by atoms with E-state index in [0.29, 0.717) is 5.92 Å². The predicted octanol–water partition coefficient (Wildman–Crippen LogP) is 5.35. The Balaban J connectivity index is 2.22. The van der Waals surface area contributed by atoms with Crippen LogP contribution in [0.4, 0.5) is 0 Å². The first-order valence-electron chi connectivity index (χ1n) is 7.24. The zero-order chi connectivity index (χ0) is 13.7. The Labute approximate surface area is 116 Å². The second kappa shape index (κ2) is 6.51. The lowest BCUT2D eigenvalue weighted by atomic mass is 9.93. The molecule has 1 heteroatoms. The summed E-state index contributed by atoms with van der Waals surface area (Å²) in [7, 11) is 0. The van der Waals surface area contributed by atoms with E-state index in [1.807, 2.05) is 6.07 Å². The van der Waals surface area contributed by atoms with Crippen LogP contribution >= 0.6 is 0 Å². The number of pyridine rings is 1. The highest BCUT2D eigenvalue weighted by Crippen LogP contribution is 2.26. The summed E-state index contributed by atoms with van der Waals surface area (Å²) in [5.74, 6) is 0.609. The fraction of sp³-hybridized carbons (Fsp3) is 0.389. The molecule has 0 saturated carbocycles. The highest BCUT2D eigenvalue weighted by atomic mass is 14.7. The fourth-order valence-electron chi connectivity index (χ4n) is 2.52. The number of nitrogens with zero attached hydrogens (tertiary/aromatic N) is 1. The van der Waals surface area contributed by atoms with Gasteiger partial charge in [-0.2, -0.15) is 0 Å². The van der Waals surface area contributed by atoms with Crippen molar-refractivity contribution in [1.29, 1.82) is 0 Å². The van der Waals surface area contributed by atoms with Crippen LogP contribution in [0.3, 0.4) is 0 Å². The van der Waals surface area contributed by atoms with Gasteiger partial charge in [-0.05, 0) is 36.5 Å². The van der Waals surface area contributed by atoms with Gasteiger partial charge in [-0.15, -0.1) is 0 Å². The molecule has 0 spiro atoms. The number of unbranched alkanes of at least 4 members (excludes halogenated alkanes) is 1. The molecule has 1 aromatic heterocycles. The summed E-state index contributed by atoms with van der Waals surface area (Å²) in [5.41, 5.74) is 5.02. The molecule has 0 amide bonds. The topological polar surface area (TPSA) is 12.9 Å². The highest BCUT2D eigenvalue weighted by molar-refractivity contribution is 5.60. The molecule has 100 valence electrons. The summed E-state index contributed by atoms with van der Waals surface area (Å²) >= 11 is 0. The van der Waals surface area contributed by atoms with Crippen LogP contribution in [0, 0.1) is 6.92 Å². The van der Waals surface area contributed by atoms with Gasteiger partial charge in [0, 0.05) is 11.8 Å². The van der Waals surface area contributed by atoms with Gasteiger partial charge in [0.2, 0.25) is 0 Å². The Hall–Kier alpha value is -1.63. The van der Waals surface area contributed by atoms with E-state index in [4.69, 9.17) is 0 Å². The first-order valence-corrected chi connectivity index (χ1v) is 7.24. The molecular weight excluding hydrogens is 230 g/mol. The standard InChI is InChI=1S/C18H23N/c1-4-5-9-14(2)17-13-19-18(12-15(17)3)16-10-7-6-8-11-16/h6-8,10-14H,4-5,9H2,1-3H3. The largest absolute Gasteiger partial charge is 0.256 e. The monoisotopic (exact) mass is 253 g/mol. The molecule has 0 N–H and O–H groups in total. The summed E-state index contributed by atoms with van der Waals surface area (Å²) in [6.45, 7) is 6.75. The van der Waals surface area contributed by atoms with Gasteiger partial charge in [-0.1, -0.05) is 57.0 Å². The minimum Gasteiger partial charge on any atom is -0.256 e. The van der Waals surface area contributed by atoms with Crippen molar-refractivity contribution in [2.24, 2.45) is 0 Å². The summed E-state index contributed by atoms with van der Waals surface area (Å²) in [4.78, 5) is 4.64. The van der Waals surface area contributed by atoms with E-state index >= 15 is 0 Å². The van der Waals surface area contributed by atoms with Crippen LogP contribution in [0.5, 0.6) is 0 Å². The molecule has 19 heavy (non-hydrogen) atoms. The van der Waals surface area contributed by atoms with Crippen LogP contribution in [0.25, 0.3) is 11.3 Å². The lowest BCUT2D eigenvalue weighted by Gasteiger charge is -2.14. The zero-order valence-electron chi connectivity index (χ0n) is 12.2. The van der Waals surface area contributed by atoms with Gasteiger partial charge in [0.15, 0.2) is 0 Å². The average Bonchev–Trinajstić information content (AvgIpc) is 2.45. The van der Waals surface area contributed by atoms with Crippen LogP contribution in [-0.2, 0) is 0 Å². The van der Waals surface area contributed by atoms with Crippen molar-refractivity contribution in [2.45, 2.75) is 46.0 Å². The first-order chi connectivity index (χ1) is 9.22. The van der Waals surface area contributed by atoms with Gasteiger partial charge in [0.05, 0.1) is 5.69 Å². The van der Waals surface area contributed by atoms with Crippen molar-refractivity contribution in [3.8, 4) is 11.3 Å². The molecule has 1 aromatic carbocycles. The van der Waals surface area contributed by atoms with Crippen molar-refractivity contribution in [3.05, 3.63) is 53.7 Å². The van der Waals surface area contributed by atoms with Gasteiger partial charge in [-0.3, -0.25) is 4.98 Å². The molecule has 1 nitrogen and oxygen atoms in total. The molecule has 0 radical (unpaired) electrons. The number of benzene rings is 1. The Morgan fingerprint density at radius 1 is 1.16 bits per heavy atom. The minimum atomic E-state index is 0.609. The molecule has 0 saturated heterocycles. The third-order valence-electron chi connectivity index (χ3n) is 3.74.